The number of methoxy groups -OCH3 is 1. The van der Waals surface area contributed by atoms with Gasteiger partial charge in [0.25, 0.3) is 0 Å². The summed E-state index contributed by atoms with van der Waals surface area (Å²) < 4.78 is 5.20. The molecule has 0 saturated carbocycles. The number of amides is 1. The maximum Gasteiger partial charge on any atom is 0.224 e. The van der Waals surface area contributed by atoms with Gasteiger partial charge in [0.05, 0.1) is 7.11 Å². The molecule has 0 fully saturated rings. The van der Waals surface area contributed by atoms with Crippen LogP contribution < -0.4 is 15.8 Å². The number of fused-ring (bicyclic) bond motifs is 1. The molecule has 0 aliphatic rings. The number of hydrogen-bond donors (Lipinski definition) is 2. The van der Waals surface area contributed by atoms with Crippen LogP contribution in [0.4, 0.5) is 0 Å². The van der Waals surface area contributed by atoms with E-state index in [4.69, 9.17) is 10.5 Å². The van der Waals surface area contributed by atoms with Gasteiger partial charge in [-0.2, -0.15) is 0 Å². The lowest BCUT2D eigenvalue weighted by molar-refractivity contribution is -0.124. The number of nitrogens with one attached hydrogen (secondary N) is 1. The molecule has 1 amide bonds. The number of benzene rings is 2. The number of hydrogen-bond acceptors (Lipinski definition) is 3. The molecule has 4 heteroatoms. The Bertz CT molecular complexity index is 610. The molecule has 0 saturated heterocycles. The van der Waals surface area contributed by atoms with Crippen LogP contribution >= 0.6 is 0 Å². The summed E-state index contributed by atoms with van der Waals surface area (Å²) in [5, 5.41) is 5.14. The average Bonchev–Trinajstić information content (AvgIpc) is 2.50. The molecule has 106 valence electrons. The Labute approximate surface area is 118 Å². The lowest BCUT2D eigenvalue weighted by Gasteiger charge is -2.10. The van der Waals surface area contributed by atoms with E-state index in [1.165, 1.54) is 0 Å². The molecule has 3 N–H and O–H groups in total. The van der Waals surface area contributed by atoms with E-state index in [2.05, 4.69) is 11.4 Å². The minimum atomic E-state index is -0.153. The van der Waals surface area contributed by atoms with Gasteiger partial charge in [0.1, 0.15) is 5.75 Å². The molecule has 2 aromatic carbocycles. The molecule has 4 nitrogen and oxygen atoms in total. The van der Waals surface area contributed by atoms with Gasteiger partial charge < -0.3 is 15.8 Å². The molecule has 0 spiro atoms. The first-order valence-corrected chi connectivity index (χ1v) is 6.68. The van der Waals surface area contributed by atoms with E-state index in [9.17, 15) is 4.79 Å². The predicted octanol–water partition coefficient (Wildman–Crippen LogP) is 2.06. The van der Waals surface area contributed by atoms with Gasteiger partial charge in [-0.3, -0.25) is 4.79 Å². The summed E-state index contributed by atoms with van der Waals surface area (Å²) in [6.45, 7) is 2.70. The number of rotatable bonds is 5. The van der Waals surface area contributed by atoms with E-state index < -0.39 is 0 Å². The van der Waals surface area contributed by atoms with Crippen LogP contribution in [-0.4, -0.2) is 19.6 Å². The van der Waals surface area contributed by atoms with Crippen LogP contribution in [0, 0.1) is 5.92 Å². The summed E-state index contributed by atoms with van der Waals surface area (Å²) in [7, 11) is 1.66. The summed E-state index contributed by atoms with van der Waals surface area (Å²) in [4.78, 5) is 11.7. The van der Waals surface area contributed by atoms with Gasteiger partial charge in [-0.25, -0.2) is 0 Å². The first-order chi connectivity index (χ1) is 9.63. The van der Waals surface area contributed by atoms with E-state index in [0.29, 0.717) is 13.1 Å². The van der Waals surface area contributed by atoms with Gasteiger partial charge in [0, 0.05) is 19.0 Å². The summed E-state index contributed by atoms with van der Waals surface area (Å²) in [5.74, 6) is 0.678. The molecule has 0 aliphatic carbocycles. The predicted molar refractivity (Wildman–Crippen MR) is 80.6 cm³/mol. The van der Waals surface area contributed by atoms with E-state index in [-0.39, 0.29) is 11.8 Å². The molecule has 20 heavy (non-hydrogen) atoms. The van der Waals surface area contributed by atoms with Crippen molar-refractivity contribution in [3.8, 4) is 5.75 Å². The van der Waals surface area contributed by atoms with Crippen LogP contribution in [0.5, 0.6) is 5.75 Å². The van der Waals surface area contributed by atoms with E-state index in [1.807, 2.05) is 37.3 Å². The van der Waals surface area contributed by atoms with Gasteiger partial charge in [0.2, 0.25) is 5.91 Å². The van der Waals surface area contributed by atoms with Crippen LogP contribution in [0.25, 0.3) is 10.8 Å². The Morgan fingerprint density at radius 1 is 1.25 bits per heavy atom. The Morgan fingerprint density at radius 3 is 2.65 bits per heavy atom. The van der Waals surface area contributed by atoms with E-state index in [0.717, 1.165) is 22.1 Å². The van der Waals surface area contributed by atoms with Crippen LogP contribution in [-0.2, 0) is 11.3 Å². The van der Waals surface area contributed by atoms with Gasteiger partial charge in [-0.05, 0) is 34.5 Å². The first kappa shape index (κ1) is 14.3. The van der Waals surface area contributed by atoms with Gasteiger partial charge in [0.15, 0.2) is 0 Å². The summed E-state index contributed by atoms with van der Waals surface area (Å²) in [5.41, 5.74) is 6.54. The molecular formula is C16H20N2O2. The van der Waals surface area contributed by atoms with Gasteiger partial charge in [-0.1, -0.05) is 25.1 Å². The lowest BCUT2D eigenvalue weighted by atomic mass is 10.1. The number of carbonyl (C=O) groups is 1. The standard InChI is InChI=1S/C16H20N2O2/c1-11(9-17)16(19)18-10-12-3-4-14-8-15(20-2)6-5-13(14)7-12/h3-8,11H,9-10,17H2,1-2H3,(H,18,19). The Balaban J connectivity index is 2.10. The fourth-order valence-corrected chi connectivity index (χ4v) is 1.98. The van der Waals surface area contributed by atoms with Crippen molar-refractivity contribution in [2.45, 2.75) is 13.5 Å². The summed E-state index contributed by atoms with van der Waals surface area (Å²) >= 11 is 0. The van der Waals surface area contributed by atoms with Crippen LogP contribution in [0.2, 0.25) is 0 Å². The quantitative estimate of drug-likeness (QED) is 0.875. The topological polar surface area (TPSA) is 64.3 Å². The molecule has 0 aromatic heterocycles. The maximum atomic E-state index is 11.7. The second-order valence-corrected chi connectivity index (χ2v) is 4.90. The highest BCUT2D eigenvalue weighted by molar-refractivity contribution is 5.84. The normalized spacial score (nSPS) is 12.2. The lowest BCUT2D eigenvalue weighted by Crippen LogP contribution is -2.32. The van der Waals surface area contributed by atoms with Crippen molar-refractivity contribution < 1.29 is 9.53 Å². The van der Waals surface area contributed by atoms with Crippen molar-refractivity contribution in [3.05, 3.63) is 42.0 Å². The third kappa shape index (κ3) is 3.27. The highest BCUT2D eigenvalue weighted by Crippen LogP contribution is 2.21. The molecule has 2 rings (SSSR count). The van der Waals surface area contributed by atoms with Gasteiger partial charge in [-0.15, -0.1) is 0 Å². The monoisotopic (exact) mass is 272 g/mol. The van der Waals surface area contributed by atoms with Crippen LogP contribution in [0.1, 0.15) is 12.5 Å². The zero-order chi connectivity index (χ0) is 14.5. The van der Waals surface area contributed by atoms with Crippen molar-refractivity contribution in [1.29, 1.82) is 0 Å². The highest BCUT2D eigenvalue weighted by Gasteiger charge is 2.09. The molecule has 1 atom stereocenters. The summed E-state index contributed by atoms with van der Waals surface area (Å²) in [6, 6.07) is 12.1. The minimum Gasteiger partial charge on any atom is -0.497 e. The van der Waals surface area contributed by atoms with Crippen molar-refractivity contribution in [2.75, 3.05) is 13.7 Å². The Kier molecular flexibility index (Phi) is 4.58. The van der Waals surface area contributed by atoms with E-state index >= 15 is 0 Å². The first-order valence-electron chi connectivity index (χ1n) is 6.68. The van der Waals surface area contributed by atoms with Crippen molar-refractivity contribution >= 4 is 16.7 Å². The largest absolute Gasteiger partial charge is 0.497 e. The minimum absolute atomic E-state index is 0.0117. The van der Waals surface area contributed by atoms with Crippen molar-refractivity contribution in [1.82, 2.24) is 5.32 Å². The molecule has 0 heterocycles. The fraction of sp³-hybridized carbons (Fsp3) is 0.312. The zero-order valence-corrected chi connectivity index (χ0v) is 11.8. The fourth-order valence-electron chi connectivity index (χ4n) is 1.98. The van der Waals surface area contributed by atoms with Crippen LogP contribution in [0.15, 0.2) is 36.4 Å². The molecule has 0 bridgehead atoms. The zero-order valence-electron chi connectivity index (χ0n) is 11.8. The highest BCUT2D eigenvalue weighted by atomic mass is 16.5. The Morgan fingerprint density at radius 2 is 1.95 bits per heavy atom. The van der Waals surface area contributed by atoms with Crippen LogP contribution in [0.3, 0.4) is 0 Å². The Hall–Kier alpha value is -2.07. The van der Waals surface area contributed by atoms with Crippen molar-refractivity contribution in [2.24, 2.45) is 11.7 Å². The number of carbonyl (C=O) groups excluding carboxylic acids is 1. The summed E-state index contributed by atoms with van der Waals surface area (Å²) in [6.07, 6.45) is 0. The van der Waals surface area contributed by atoms with Crippen molar-refractivity contribution in [3.63, 3.8) is 0 Å². The average molecular weight is 272 g/mol. The third-order valence-corrected chi connectivity index (χ3v) is 3.38. The molecule has 1 unspecified atom stereocenters. The number of nitrogens with two attached hydrogens (primary N) is 1. The SMILES string of the molecule is COc1ccc2cc(CNC(=O)C(C)CN)ccc2c1. The second kappa shape index (κ2) is 6.39. The number of ether oxygens (including phenoxy) is 1. The van der Waals surface area contributed by atoms with Gasteiger partial charge >= 0.3 is 0 Å². The second-order valence-electron chi connectivity index (χ2n) is 4.90. The third-order valence-electron chi connectivity index (χ3n) is 3.38. The molecule has 0 radical (unpaired) electrons. The molecular weight excluding hydrogens is 252 g/mol. The maximum absolute atomic E-state index is 11.7. The van der Waals surface area contributed by atoms with E-state index in [1.54, 1.807) is 7.11 Å². The smallest absolute Gasteiger partial charge is 0.224 e. The molecule has 2 aromatic rings. The molecule has 0 aliphatic heterocycles.